The number of aryl methyl sites for hydroxylation is 1. The molecule has 1 amide bonds. The van der Waals surface area contributed by atoms with Crippen LogP contribution in [0.5, 0.6) is 0 Å². The number of hydrogen-bond acceptors (Lipinski definition) is 2. The van der Waals surface area contributed by atoms with Crippen molar-refractivity contribution in [1.82, 2.24) is 4.90 Å². The van der Waals surface area contributed by atoms with Gasteiger partial charge in [0.05, 0.1) is 5.54 Å². The third-order valence-electron chi connectivity index (χ3n) is 4.32. The second-order valence-electron chi connectivity index (χ2n) is 6.03. The van der Waals surface area contributed by atoms with Crippen molar-refractivity contribution in [2.75, 3.05) is 13.6 Å². The van der Waals surface area contributed by atoms with Crippen molar-refractivity contribution in [3.8, 4) is 0 Å². The van der Waals surface area contributed by atoms with Crippen LogP contribution in [-0.4, -0.2) is 29.9 Å². The molecule has 0 aromatic heterocycles. The van der Waals surface area contributed by atoms with Crippen LogP contribution in [0.3, 0.4) is 0 Å². The van der Waals surface area contributed by atoms with Gasteiger partial charge in [-0.1, -0.05) is 43.2 Å². The molecule has 0 atom stereocenters. The lowest BCUT2D eigenvalue weighted by molar-refractivity contribution is -0.135. The van der Waals surface area contributed by atoms with E-state index in [9.17, 15) is 4.79 Å². The lowest BCUT2D eigenvalue weighted by Crippen LogP contribution is -2.52. The highest BCUT2D eigenvalue weighted by atomic mass is 16.2. The maximum atomic E-state index is 12.3. The van der Waals surface area contributed by atoms with E-state index >= 15 is 0 Å². The summed E-state index contributed by atoms with van der Waals surface area (Å²) in [6, 6.07) is 10.5. The molecule has 2 rings (SSSR count). The number of carbonyl (C=O) groups is 1. The molecular formula is C17H26N2O. The summed E-state index contributed by atoms with van der Waals surface area (Å²) in [6.45, 7) is 0.810. The summed E-state index contributed by atoms with van der Waals surface area (Å²) >= 11 is 0. The minimum Gasteiger partial charge on any atom is -0.344 e. The maximum absolute atomic E-state index is 12.3. The van der Waals surface area contributed by atoms with Gasteiger partial charge in [-0.15, -0.1) is 0 Å². The van der Waals surface area contributed by atoms with Crippen LogP contribution in [0.15, 0.2) is 30.3 Å². The largest absolute Gasteiger partial charge is 0.344 e. The van der Waals surface area contributed by atoms with Crippen molar-refractivity contribution in [2.45, 2.75) is 50.5 Å². The van der Waals surface area contributed by atoms with E-state index in [1.165, 1.54) is 5.56 Å². The Morgan fingerprint density at radius 1 is 1.20 bits per heavy atom. The van der Waals surface area contributed by atoms with Gasteiger partial charge in [0.1, 0.15) is 0 Å². The van der Waals surface area contributed by atoms with Crippen molar-refractivity contribution >= 4 is 5.91 Å². The molecule has 1 fully saturated rings. The van der Waals surface area contributed by atoms with Crippen LogP contribution in [0, 0.1) is 0 Å². The van der Waals surface area contributed by atoms with Gasteiger partial charge in [-0.3, -0.25) is 4.79 Å². The third kappa shape index (κ3) is 3.83. The van der Waals surface area contributed by atoms with Crippen LogP contribution in [-0.2, 0) is 11.2 Å². The van der Waals surface area contributed by atoms with E-state index in [0.29, 0.717) is 0 Å². The Balaban J connectivity index is 1.70. The zero-order valence-corrected chi connectivity index (χ0v) is 12.5. The highest BCUT2D eigenvalue weighted by Crippen LogP contribution is 2.28. The topological polar surface area (TPSA) is 46.3 Å². The van der Waals surface area contributed by atoms with Crippen molar-refractivity contribution in [2.24, 2.45) is 5.73 Å². The van der Waals surface area contributed by atoms with E-state index in [1.54, 1.807) is 0 Å². The number of nitrogens with two attached hydrogens (primary N) is 1. The van der Waals surface area contributed by atoms with Crippen molar-refractivity contribution in [1.29, 1.82) is 0 Å². The predicted octanol–water partition coefficient (Wildman–Crippen LogP) is 2.74. The normalized spacial score (nSPS) is 17.1. The quantitative estimate of drug-likeness (QED) is 0.811. The molecule has 2 N–H and O–H groups in total. The Morgan fingerprint density at radius 3 is 2.50 bits per heavy atom. The fourth-order valence-corrected chi connectivity index (χ4v) is 3.02. The Kier molecular flexibility index (Phi) is 5.18. The van der Waals surface area contributed by atoms with Crippen LogP contribution >= 0.6 is 0 Å². The zero-order valence-electron chi connectivity index (χ0n) is 12.5. The molecule has 110 valence electrons. The minimum absolute atomic E-state index is 0.134. The first-order chi connectivity index (χ1) is 9.62. The fraction of sp³-hybridized carbons (Fsp3) is 0.588. The Morgan fingerprint density at radius 2 is 1.85 bits per heavy atom. The van der Waals surface area contributed by atoms with E-state index in [1.807, 2.05) is 18.0 Å². The first-order valence-corrected chi connectivity index (χ1v) is 7.70. The Hall–Kier alpha value is -1.35. The minimum atomic E-state index is -0.575. The van der Waals surface area contributed by atoms with Gasteiger partial charge in [0.25, 0.3) is 0 Å². The molecule has 0 heterocycles. The Labute approximate surface area is 122 Å². The monoisotopic (exact) mass is 274 g/mol. The molecule has 3 nitrogen and oxygen atoms in total. The van der Waals surface area contributed by atoms with Crippen molar-refractivity contribution < 1.29 is 4.79 Å². The molecule has 0 aliphatic heterocycles. The van der Waals surface area contributed by atoms with Crippen LogP contribution in [0.25, 0.3) is 0 Å². The van der Waals surface area contributed by atoms with E-state index in [-0.39, 0.29) is 5.91 Å². The average molecular weight is 274 g/mol. The molecule has 0 bridgehead atoms. The summed E-state index contributed by atoms with van der Waals surface area (Å²) in [5, 5.41) is 0. The second-order valence-corrected chi connectivity index (χ2v) is 6.03. The summed E-state index contributed by atoms with van der Waals surface area (Å²) in [7, 11) is 1.89. The van der Waals surface area contributed by atoms with Gasteiger partial charge in [0, 0.05) is 13.6 Å². The number of likely N-dealkylation sites (N-methyl/N-ethyl adjacent to an activating group) is 1. The molecule has 0 radical (unpaired) electrons. The van der Waals surface area contributed by atoms with E-state index in [0.717, 1.165) is 51.5 Å². The van der Waals surface area contributed by atoms with E-state index in [4.69, 9.17) is 5.73 Å². The van der Waals surface area contributed by atoms with E-state index < -0.39 is 5.54 Å². The average Bonchev–Trinajstić information content (AvgIpc) is 2.92. The highest BCUT2D eigenvalue weighted by molar-refractivity contribution is 5.86. The number of amides is 1. The van der Waals surface area contributed by atoms with Gasteiger partial charge in [-0.05, 0) is 37.7 Å². The smallest absolute Gasteiger partial charge is 0.242 e. The van der Waals surface area contributed by atoms with Crippen molar-refractivity contribution in [3.63, 3.8) is 0 Å². The van der Waals surface area contributed by atoms with Gasteiger partial charge in [0.15, 0.2) is 0 Å². The standard InChI is InChI=1S/C17H26N2O/c1-19(16(20)17(18)12-6-7-13-17)14-8-5-11-15-9-3-2-4-10-15/h2-4,9-10H,5-8,11-14,18H2,1H3. The summed E-state index contributed by atoms with van der Waals surface area (Å²) in [6.07, 6.45) is 7.09. The molecule has 0 saturated heterocycles. The third-order valence-corrected chi connectivity index (χ3v) is 4.32. The summed E-state index contributed by atoms with van der Waals surface area (Å²) in [4.78, 5) is 14.2. The summed E-state index contributed by atoms with van der Waals surface area (Å²) < 4.78 is 0. The highest BCUT2D eigenvalue weighted by Gasteiger charge is 2.38. The second kappa shape index (κ2) is 6.89. The Bertz CT molecular complexity index is 424. The zero-order chi connectivity index (χ0) is 14.4. The van der Waals surface area contributed by atoms with Gasteiger partial charge >= 0.3 is 0 Å². The molecule has 1 saturated carbocycles. The predicted molar refractivity (Wildman–Crippen MR) is 82.4 cm³/mol. The summed E-state index contributed by atoms with van der Waals surface area (Å²) in [5.74, 6) is 0.134. The number of carbonyl (C=O) groups excluding carboxylic acids is 1. The number of rotatable bonds is 6. The molecule has 1 aromatic carbocycles. The molecule has 20 heavy (non-hydrogen) atoms. The summed E-state index contributed by atoms with van der Waals surface area (Å²) in [5.41, 5.74) is 7.00. The molecule has 1 aromatic rings. The first kappa shape index (κ1) is 15.0. The van der Waals surface area contributed by atoms with Gasteiger partial charge in [-0.2, -0.15) is 0 Å². The molecule has 1 aliphatic rings. The number of benzene rings is 1. The van der Waals surface area contributed by atoms with Crippen LogP contribution < -0.4 is 5.73 Å². The van der Waals surface area contributed by atoms with Gasteiger partial charge < -0.3 is 10.6 Å². The van der Waals surface area contributed by atoms with Crippen LogP contribution in [0.2, 0.25) is 0 Å². The number of unbranched alkanes of at least 4 members (excludes halogenated alkanes) is 1. The number of nitrogens with zero attached hydrogens (tertiary/aromatic N) is 1. The van der Waals surface area contributed by atoms with E-state index in [2.05, 4.69) is 24.3 Å². The number of hydrogen-bond donors (Lipinski definition) is 1. The lowest BCUT2D eigenvalue weighted by atomic mass is 9.97. The molecule has 3 heteroatoms. The van der Waals surface area contributed by atoms with Gasteiger partial charge in [-0.25, -0.2) is 0 Å². The lowest BCUT2D eigenvalue weighted by Gasteiger charge is -2.28. The van der Waals surface area contributed by atoms with Crippen molar-refractivity contribution in [3.05, 3.63) is 35.9 Å². The SMILES string of the molecule is CN(CCCCc1ccccc1)C(=O)C1(N)CCCC1. The van der Waals surface area contributed by atoms with Gasteiger partial charge in [0.2, 0.25) is 5.91 Å². The molecular weight excluding hydrogens is 248 g/mol. The molecule has 0 unspecified atom stereocenters. The molecule has 1 aliphatic carbocycles. The molecule has 0 spiro atoms. The fourth-order valence-electron chi connectivity index (χ4n) is 3.02. The van der Waals surface area contributed by atoms with Crippen LogP contribution in [0.4, 0.5) is 0 Å². The van der Waals surface area contributed by atoms with Crippen LogP contribution in [0.1, 0.15) is 44.1 Å². The maximum Gasteiger partial charge on any atom is 0.242 e. The first-order valence-electron chi connectivity index (χ1n) is 7.70.